The van der Waals surface area contributed by atoms with Crippen molar-refractivity contribution in [1.82, 2.24) is 0 Å². The number of hydrogen-bond donors (Lipinski definition) is 0. The van der Waals surface area contributed by atoms with Gasteiger partial charge < -0.3 is 4.74 Å². The average Bonchev–Trinajstić information content (AvgIpc) is 2.22. The summed E-state index contributed by atoms with van der Waals surface area (Å²) in [6, 6.07) is 1.40. The maximum Gasteiger partial charge on any atom is 0.220 e. The summed E-state index contributed by atoms with van der Waals surface area (Å²) in [5.74, 6) is 1.11. The Bertz CT molecular complexity index is 229. The zero-order valence-electron chi connectivity index (χ0n) is 12.2. The smallest absolute Gasteiger partial charge is 0.220 e. The van der Waals surface area contributed by atoms with Crippen molar-refractivity contribution in [1.29, 1.82) is 0 Å². The number of rotatable bonds is 7. The predicted octanol–water partition coefficient (Wildman–Crippen LogP) is 5.33. The highest BCUT2D eigenvalue weighted by atomic mass is 32.2. The van der Waals surface area contributed by atoms with Crippen molar-refractivity contribution in [3.63, 3.8) is 0 Å². The van der Waals surface area contributed by atoms with Crippen molar-refractivity contribution in [2.75, 3.05) is 5.75 Å². The van der Waals surface area contributed by atoms with Gasteiger partial charge in [0, 0.05) is 5.75 Å². The van der Waals surface area contributed by atoms with Gasteiger partial charge in [-0.1, -0.05) is 51.2 Å². The monoisotopic (exact) mass is 292 g/mol. The second kappa shape index (κ2) is 8.54. The van der Waals surface area contributed by atoms with Gasteiger partial charge >= 0.3 is 0 Å². The van der Waals surface area contributed by atoms with Crippen molar-refractivity contribution in [3.05, 3.63) is 0 Å². The minimum atomic E-state index is -1.01. The number of ether oxygens (including phenoxy) is 1. The molecule has 0 aromatic carbocycles. The Hall–Kier alpha value is 0.457. The van der Waals surface area contributed by atoms with E-state index in [2.05, 4.69) is 26.9 Å². The Labute approximate surface area is 118 Å². The Balaban J connectivity index is 3.74. The molecule has 1 unspecified atom stereocenters. The Morgan fingerprint density at radius 3 is 2.35 bits per heavy atom. The van der Waals surface area contributed by atoms with E-state index in [1.807, 2.05) is 13.8 Å². The lowest BCUT2D eigenvalue weighted by Crippen LogP contribution is -2.30. The molecule has 0 spiro atoms. The molecule has 0 aromatic heterocycles. The summed E-state index contributed by atoms with van der Waals surface area (Å²) in [5.41, 5.74) is 0.923. The Morgan fingerprint density at radius 2 is 1.88 bits per heavy atom. The first-order valence-electron chi connectivity index (χ1n) is 6.63. The summed E-state index contributed by atoms with van der Waals surface area (Å²) in [5, 5.41) is 0. The number of hydrogen-bond acceptors (Lipinski definition) is 3. The zero-order valence-corrected chi connectivity index (χ0v) is 14.8. The molecular formula is C13H28OS2Si. The van der Waals surface area contributed by atoms with Crippen LogP contribution in [0, 0.1) is 0 Å². The van der Waals surface area contributed by atoms with Crippen LogP contribution in [0.1, 0.15) is 40.5 Å². The maximum absolute atomic E-state index is 5.46. The molecule has 0 aliphatic heterocycles. The van der Waals surface area contributed by atoms with Gasteiger partial charge in [-0.3, -0.25) is 0 Å². The molecule has 0 aliphatic carbocycles. The van der Waals surface area contributed by atoms with Crippen LogP contribution < -0.4 is 0 Å². The minimum Gasteiger partial charge on any atom is -0.476 e. The van der Waals surface area contributed by atoms with Crippen LogP contribution in [0.3, 0.4) is 0 Å². The molecule has 0 N–H and O–H groups in total. The second-order valence-corrected chi connectivity index (χ2v) is 12.8. The first kappa shape index (κ1) is 17.5. The maximum atomic E-state index is 5.46. The molecule has 102 valence electrons. The van der Waals surface area contributed by atoms with E-state index >= 15 is 0 Å². The van der Waals surface area contributed by atoms with Gasteiger partial charge in [0.05, 0.1) is 14.2 Å². The van der Waals surface area contributed by atoms with Crippen LogP contribution in [0.15, 0.2) is 0 Å². The van der Waals surface area contributed by atoms with Crippen LogP contribution in [0.4, 0.5) is 0 Å². The van der Waals surface area contributed by atoms with Crippen LogP contribution in [0.2, 0.25) is 24.7 Å². The van der Waals surface area contributed by atoms with E-state index in [0.29, 0.717) is 4.38 Å². The lowest BCUT2D eigenvalue weighted by molar-refractivity contribution is 0.243. The quantitative estimate of drug-likeness (QED) is 0.357. The van der Waals surface area contributed by atoms with Gasteiger partial charge in [0.15, 0.2) is 0 Å². The molecule has 17 heavy (non-hydrogen) atoms. The van der Waals surface area contributed by atoms with Crippen LogP contribution in [-0.2, 0) is 4.74 Å². The fraction of sp³-hybridized carbons (Fsp3) is 0.923. The van der Waals surface area contributed by atoms with Crippen molar-refractivity contribution in [3.8, 4) is 0 Å². The zero-order chi connectivity index (χ0) is 13.5. The third-order valence-corrected chi connectivity index (χ3v) is 9.46. The molecule has 1 nitrogen and oxygen atoms in total. The topological polar surface area (TPSA) is 9.23 Å². The normalized spacial score (nSPS) is 13.8. The summed E-state index contributed by atoms with van der Waals surface area (Å²) in [6.07, 6.45) is 2.80. The van der Waals surface area contributed by atoms with Crippen molar-refractivity contribution in [2.24, 2.45) is 0 Å². The van der Waals surface area contributed by atoms with Crippen LogP contribution in [0.25, 0.3) is 0 Å². The fourth-order valence-electron chi connectivity index (χ4n) is 1.71. The standard InChI is InChI=1S/C13H28OS2Si/c1-7-12(4)17(5,6)10-8-9-16-13(15)14-11(2)3/h11-12H,7-10H2,1-6H3. The molecule has 4 heteroatoms. The molecule has 0 saturated heterocycles. The lowest BCUT2D eigenvalue weighted by atomic mass is 10.4. The molecule has 0 heterocycles. The molecule has 0 radical (unpaired) electrons. The van der Waals surface area contributed by atoms with E-state index in [1.54, 1.807) is 11.8 Å². The van der Waals surface area contributed by atoms with Crippen molar-refractivity contribution < 1.29 is 4.74 Å². The van der Waals surface area contributed by atoms with Crippen LogP contribution >= 0.6 is 24.0 Å². The summed E-state index contributed by atoms with van der Waals surface area (Å²) >= 11 is 6.86. The first-order valence-corrected chi connectivity index (χ1v) is 11.3. The molecule has 1 atom stereocenters. The van der Waals surface area contributed by atoms with Crippen LogP contribution in [-0.4, -0.2) is 24.3 Å². The molecule has 0 fully saturated rings. The SMILES string of the molecule is CCC(C)[Si](C)(C)CCCSC(=S)OC(C)C. The largest absolute Gasteiger partial charge is 0.476 e. The van der Waals surface area contributed by atoms with Gasteiger partial charge in [-0.2, -0.15) is 0 Å². The third kappa shape index (κ3) is 8.22. The van der Waals surface area contributed by atoms with Gasteiger partial charge in [0.2, 0.25) is 4.38 Å². The van der Waals surface area contributed by atoms with E-state index in [-0.39, 0.29) is 6.10 Å². The summed E-state index contributed by atoms with van der Waals surface area (Å²) in [7, 11) is -1.01. The summed E-state index contributed by atoms with van der Waals surface area (Å²) < 4.78 is 6.17. The second-order valence-electron chi connectivity index (χ2n) is 5.67. The van der Waals surface area contributed by atoms with Gasteiger partial charge in [-0.05, 0) is 38.0 Å². The molecule has 0 aromatic rings. The van der Waals surface area contributed by atoms with Crippen molar-refractivity contribution >= 4 is 36.4 Å². The minimum absolute atomic E-state index is 0.209. The molecule has 0 saturated carbocycles. The summed E-state index contributed by atoms with van der Waals surface area (Å²) in [6.45, 7) is 13.8. The van der Waals surface area contributed by atoms with E-state index in [0.717, 1.165) is 11.3 Å². The first-order chi connectivity index (χ1) is 7.79. The third-order valence-electron chi connectivity index (χ3n) is 3.46. The van der Waals surface area contributed by atoms with Crippen molar-refractivity contribution in [2.45, 2.75) is 71.3 Å². The van der Waals surface area contributed by atoms with E-state index in [9.17, 15) is 0 Å². The molecule has 0 bridgehead atoms. The van der Waals surface area contributed by atoms with Gasteiger partial charge in [-0.15, -0.1) is 0 Å². The van der Waals surface area contributed by atoms with E-state index in [1.165, 1.54) is 18.9 Å². The van der Waals surface area contributed by atoms with Gasteiger partial charge in [0.1, 0.15) is 0 Å². The molecule has 0 rings (SSSR count). The van der Waals surface area contributed by atoms with Gasteiger partial charge in [-0.25, -0.2) is 0 Å². The van der Waals surface area contributed by atoms with E-state index in [4.69, 9.17) is 17.0 Å². The number of thioether (sulfide) groups is 1. The predicted molar refractivity (Wildman–Crippen MR) is 87.9 cm³/mol. The van der Waals surface area contributed by atoms with Crippen LogP contribution in [0.5, 0.6) is 0 Å². The fourth-order valence-corrected chi connectivity index (χ4v) is 5.81. The highest BCUT2D eigenvalue weighted by Crippen LogP contribution is 2.30. The highest BCUT2D eigenvalue weighted by Gasteiger charge is 2.26. The molecular weight excluding hydrogens is 264 g/mol. The van der Waals surface area contributed by atoms with Gasteiger partial charge in [0.25, 0.3) is 0 Å². The average molecular weight is 293 g/mol. The number of thiocarbonyl (C=S) groups is 1. The molecule has 0 amide bonds. The lowest BCUT2D eigenvalue weighted by Gasteiger charge is -2.29. The highest BCUT2D eigenvalue weighted by molar-refractivity contribution is 8.22. The molecule has 0 aliphatic rings. The summed E-state index contributed by atoms with van der Waals surface area (Å²) in [4.78, 5) is 0. The Kier molecular flexibility index (Phi) is 8.77. The van der Waals surface area contributed by atoms with E-state index < -0.39 is 8.07 Å². The Morgan fingerprint density at radius 1 is 1.29 bits per heavy atom.